The van der Waals surface area contributed by atoms with Crippen molar-refractivity contribution >= 4 is 5.91 Å². The van der Waals surface area contributed by atoms with Gasteiger partial charge in [0.15, 0.2) is 0 Å². The Balaban J connectivity index is 1.92. The molecule has 0 spiro atoms. The molecule has 0 atom stereocenters. The molecule has 0 saturated heterocycles. The number of aromatic nitrogens is 2. The molecule has 1 amide bonds. The van der Waals surface area contributed by atoms with E-state index in [9.17, 15) is 9.18 Å². The molecule has 0 unspecified atom stereocenters. The fourth-order valence-electron chi connectivity index (χ4n) is 3.12. The topological polar surface area (TPSA) is 56.2 Å². The molecule has 5 nitrogen and oxygen atoms in total. The van der Waals surface area contributed by atoms with Gasteiger partial charge in [0.05, 0.1) is 11.4 Å². The number of halogens is 1. The molecule has 2 aromatic carbocycles. The average Bonchev–Trinajstić information content (AvgIpc) is 3.01. The van der Waals surface area contributed by atoms with Crippen molar-refractivity contribution in [1.29, 1.82) is 0 Å². The third kappa shape index (κ3) is 5.47. The number of nitrogens with zero attached hydrogens (tertiary/aromatic N) is 2. The van der Waals surface area contributed by atoms with Crippen LogP contribution in [-0.2, 0) is 11.2 Å². The summed E-state index contributed by atoms with van der Waals surface area (Å²) in [6.07, 6.45) is 0.838. The maximum Gasteiger partial charge on any atom is 0.226 e. The highest BCUT2D eigenvalue weighted by Crippen LogP contribution is 2.31. The molecule has 0 aliphatic carbocycles. The van der Waals surface area contributed by atoms with Crippen molar-refractivity contribution in [3.8, 4) is 17.3 Å². The molecule has 3 rings (SSSR count). The zero-order valence-corrected chi connectivity index (χ0v) is 17.9. The summed E-state index contributed by atoms with van der Waals surface area (Å²) in [5.74, 6) is 1.13. The smallest absolute Gasteiger partial charge is 0.226 e. The van der Waals surface area contributed by atoms with E-state index in [1.165, 1.54) is 12.1 Å². The van der Waals surface area contributed by atoms with Crippen molar-refractivity contribution in [2.75, 3.05) is 6.54 Å². The van der Waals surface area contributed by atoms with Crippen molar-refractivity contribution in [2.24, 2.45) is 5.92 Å². The molecule has 0 aliphatic heterocycles. The molecular weight excluding hydrogens is 381 g/mol. The van der Waals surface area contributed by atoms with Crippen molar-refractivity contribution in [1.82, 2.24) is 15.1 Å². The third-order valence-electron chi connectivity index (χ3n) is 4.72. The zero-order valence-electron chi connectivity index (χ0n) is 17.9. The Morgan fingerprint density at radius 1 is 1.17 bits per heavy atom. The van der Waals surface area contributed by atoms with Gasteiger partial charge in [-0.25, -0.2) is 9.07 Å². The zero-order chi connectivity index (χ0) is 21.7. The van der Waals surface area contributed by atoms with Crippen molar-refractivity contribution in [2.45, 2.75) is 40.5 Å². The third-order valence-corrected chi connectivity index (χ3v) is 4.72. The van der Waals surface area contributed by atoms with Gasteiger partial charge in [-0.2, -0.15) is 5.10 Å². The van der Waals surface area contributed by atoms with Gasteiger partial charge in [0.25, 0.3) is 0 Å². The molecule has 0 aliphatic rings. The van der Waals surface area contributed by atoms with Crippen LogP contribution in [-0.4, -0.2) is 22.2 Å². The summed E-state index contributed by atoms with van der Waals surface area (Å²) < 4.78 is 21.2. The van der Waals surface area contributed by atoms with E-state index in [0.29, 0.717) is 36.9 Å². The summed E-state index contributed by atoms with van der Waals surface area (Å²) in [4.78, 5) is 12.2. The number of amides is 1. The first-order chi connectivity index (χ1) is 14.3. The van der Waals surface area contributed by atoms with Crippen LogP contribution in [0.2, 0.25) is 0 Å². The second-order valence-corrected chi connectivity index (χ2v) is 7.87. The predicted octanol–water partition coefficient (Wildman–Crippen LogP) is 5.13. The van der Waals surface area contributed by atoms with Crippen LogP contribution in [0.15, 0.2) is 48.5 Å². The van der Waals surface area contributed by atoms with Crippen LogP contribution in [0.25, 0.3) is 5.69 Å². The fourth-order valence-corrected chi connectivity index (χ4v) is 3.12. The monoisotopic (exact) mass is 409 g/mol. The maximum atomic E-state index is 13.3. The van der Waals surface area contributed by atoms with Crippen LogP contribution in [0.1, 0.15) is 37.1 Å². The molecule has 1 N–H and O–H groups in total. The molecule has 0 radical (unpaired) electrons. The molecule has 158 valence electrons. The van der Waals surface area contributed by atoms with Gasteiger partial charge in [-0.15, -0.1) is 0 Å². The molecule has 0 fully saturated rings. The Labute approximate surface area is 176 Å². The largest absolute Gasteiger partial charge is 0.439 e. The second kappa shape index (κ2) is 9.57. The van der Waals surface area contributed by atoms with Crippen molar-refractivity contribution < 1.29 is 13.9 Å². The van der Waals surface area contributed by atoms with E-state index >= 15 is 0 Å². The number of nitrogens with one attached hydrogen (secondary N) is 1. The van der Waals surface area contributed by atoms with Gasteiger partial charge in [-0.05, 0) is 68.1 Å². The fraction of sp³-hybridized carbons (Fsp3) is 0.333. The second-order valence-electron chi connectivity index (χ2n) is 7.87. The first-order valence-electron chi connectivity index (χ1n) is 10.2. The number of benzene rings is 2. The number of hydrogen-bond donors (Lipinski definition) is 1. The first-order valence-corrected chi connectivity index (χ1v) is 10.2. The van der Waals surface area contributed by atoms with Gasteiger partial charge >= 0.3 is 0 Å². The van der Waals surface area contributed by atoms with Gasteiger partial charge in [0.2, 0.25) is 11.8 Å². The van der Waals surface area contributed by atoms with Crippen LogP contribution < -0.4 is 10.1 Å². The van der Waals surface area contributed by atoms with E-state index in [4.69, 9.17) is 4.74 Å². The molecule has 1 aromatic heterocycles. The van der Waals surface area contributed by atoms with Crippen molar-refractivity contribution in [3.05, 3.63) is 71.2 Å². The SMILES string of the molecule is Cc1cccc(-n2nc(C)c(CCC(=O)NCC(C)C)c2Oc2ccc(F)cc2)c1. The standard InChI is InChI=1S/C24H28FN3O2/c1-16(2)15-26-23(29)13-12-22-18(4)27-28(20-7-5-6-17(3)14-20)24(22)30-21-10-8-19(25)9-11-21/h5-11,14,16H,12-13,15H2,1-4H3,(H,26,29). The molecule has 6 heteroatoms. The number of hydrogen-bond acceptors (Lipinski definition) is 3. The molecule has 30 heavy (non-hydrogen) atoms. The van der Waals surface area contributed by atoms with E-state index in [2.05, 4.69) is 24.3 Å². The molecular formula is C24H28FN3O2. The Hall–Kier alpha value is -3.15. The normalized spacial score (nSPS) is 11.0. The minimum Gasteiger partial charge on any atom is -0.439 e. The number of aryl methyl sites for hydroxylation is 2. The van der Waals surface area contributed by atoms with Crippen LogP contribution >= 0.6 is 0 Å². The van der Waals surface area contributed by atoms with Crippen LogP contribution in [0.4, 0.5) is 4.39 Å². The van der Waals surface area contributed by atoms with Gasteiger partial charge in [0, 0.05) is 18.5 Å². The van der Waals surface area contributed by atoms with Crippen molar-refractivity contribution in [3.63, 3.8) is 0 Å². The Kier molecular flexibility index (Phi) is 6.87. The van der Waals surface area contributed by atoms with Gasteiger partial charge in [0.1, 0.15) is 11.6 Å². The highest BCUT2D eigenvalue weighted by atomic mass is 19.1. The molecule has 1 heterocycles. The van der Waals surface area contributed by atoms with Gasteiger partial charge in [-0.3, -0.25) is 4.79 Å². The van der Waals surface area contributed by atoms with E-state index in [1.54, 1.807) is 16.8 Å². The Bertz CT molecular complexity index is 1010. The lowest BCUT2D eigenvalue weighted by atomic mass is 10.1. The van der Waals surface area contributed by atoms with Gasteiger partial charge < -0.3 is 10.1 Å². The summed E-state index contributed by atoms with van der Waals surface area (Å²) in [5.41, 5.74) is 3.62. The van der Waals surface area contributed by atoms with E-state index in [-0.39, 0.29) is 11.7 Å². The minimum absolute atomic E-state index is 0.000798. The summed E-state index contributed by atoms with van der Waals surface area (Å²) in [6, 6.07) is 13.8. The lowest BCUT2D eigenvalue weighted by Crippen LogP contribution is -2.27. The number of ether oxygens (including phenoxy) is 1. The molecule has 0 bridgehead atoms. The molecule has 3 aromatic rings. The van der Waals surface area contributed by atoms with Crippen LogP contribution in [0.3, 0.4) is 0 Å². The van der Waals surface area contributed by atoms with E-state index < -0.39 is 0 Å². The average molecular weight is 410 g/mol. The summed E-state index contributed by atoms with van der Waals surface area (Å²) in [7, 11) is 0. The first kappa shape index (κ1) is 21.6. The summed E-state index contributed by atoms with van der Waals surface area (Å²) >= 11 is 0. The summed E-state index contributed by atoms with van der Waals surface area (Å²) in [5, 5.41) is 7.62. The van der Waals surface area contributed by atoms with E-state index in [0.717, 1.165) is 22.5 Å². The highest BCUT2D eigenvalue weighted by molar-refractivity contribution is 5.76. The lowest BCUT2D eigenvalue weighted by molar-refractivity contribution is -0.121. The summed E-state index contributed by atoms with van der Waals surface area (Å²) in [6.45, 7) is 8.70. The lowest BCUT2D eigenvalue weighted by Gasteiger charge is -2.12. The quantitative estimate of drug-likeness (QED) is 0.561. The minimum atomic E-state index is -0.326. The highest BCUT2D eigenvalue weighted by Gasteiger charge is 2.20. The molecule has 0 saturated carbocycles. The Morgan fingerprint density at radius 3 is 2.57 bits per heavy atom. The number of carbonyl (C=O) groups excluding carboxylic acids is 1. The predicted molar refractivity (Wildman–Crippen MR) is 116 cm³/mol. The van der Waals surface area contributed by atoms with Crippen LogP contribution in [0, 0.1) is 25.6 Å². The Morgan fingerprint density at radius 2 is 1.90 bits per heavy atom. The number of carbonyl (C=O) groups is 1. The maximum absolute atomic E-state index is 13.3. The number of rotatable bonds is 8. The van der Waals surface area contributed by atoms with E-state index in [1.807, 2.05) is 38.1 Å². The van der Waals surface area contributed by atoms with Gasteiger partial charge in [-0.1, -0.05) is 26.0 Å². The van der Waals surface area contributed by atoms with Crippen LogP contribution in [0.5, 0.6) is 11.6 Å².